The fraction of sp³-hybridized carbons (Fsp3) is 0.529. The van der Waals surface area contributed by atoms with E-state index >= 15 is 0 Å². The van der Waals surface area contributed by atoms with Crippen molar-refractivity contribution < 1.29 is 14.7 Å². The number of carbonyl (C=O) groups is 2. The van der Waals surface area contributed by atoms with Gasteiger partial charge in [0.15, 0.2) is 0 Å². The third kappa shape index (κ3) is 2.84. The number of aliphatic carboxylic acids is 1. The molecule has 132 valence electrons. The molecule has 1 aliphatic heterocycles. The normalized spacial score (nSPS) is 25.8. The van der Waals surface area contributed by atoms with Gasteiger partial charge in [0, 0.05) is 24.8 Å². The van der Waals surface area contributed by atoms with Crippen molar-refractivity contribution in [3.63, 3.8) is 0 Å². The van der Waals surface area contributed by atoms with Crippen LogP contribution in [0.1, 0.15) is 41.8 Å². The van der Waals surface area contributed by atoms with Crippen molar-refractivity contribution in [2.24, 2.45) is 13.0 Å². The summed E-state index contributed by atoms with van der Waals surface area (Å²) in [7, 11) is 1.83. The highest BCUT2D eigenvalue weighted by molar-refractivity contribution is 7.16. The summed E-state index contributed by atoms with van der Waals surface area (Å²) in [5.41, 5.74) is 0.860. The van der Waals surface area contributed by atoms with Crippen LogP contribution >= 0.6 is 11.3 Å². The number of aryl methyl sites for hydroxylation is 1. The van der Waals surface area contributed by atoms with Crippen LogP contribution < -0.4 is 0 Å². The third-order valence-electron chi connectivity index (χ3n) is 5.28. The first-order valence-corrected chi connectivity index (χ1v) is 9.36. The van der Waals surface area contributed by atoms with Crippen LogP contribution in [0.25, 0.3) is 10.6 Å². The molecule has 1 saturated heterocycles. The van der Waals surface area contributed by atoms with Crippen molar-refractivity contribution in [3.8, 4) is 10.6 Å². The molecule has 0 unspecified atom stereocenters. The topological polar surface area (TPSA) is 88.3 Å². The maximum atomic E-state index is 13.1. The smallest absolute Gasteiger partial charge is 0.326 e. The van der Waals surface area contributed by atoms with Gasteiger partial charge < -0.3 is 10.0 Å². The molecule has 1 amide bonds. The number of carboxylic acid groups (broad SMARTS) is 1. The predicted molar refractivity (Wildman–Crippen MR) is 92.3 cm³/mol. The molecule has 1 N–H and O–H groups in total. The molecule has 25 heavy (non-hydrogen) atoms. The minimum absolute atomic E-state index is 0.0475. The lowest BCUT2D eigenvalue weighted by molar-refractivity contribution is -0.141. The van der Waals surface area contributed by atoms with Gasteiger partial charge in [-0.1, -0.05) is 12.8 Å². The maximum Gasteiger partial charge on any atom is 0.326 e. The fourth-order valence-electron chi connectivity index (χ4n) is 4.14. The molecule has 0 bridgehead atoms. The van der Waals surface area contributed by atoms with E-state index in [-0.39, 0.29) is 11.9 Å². The van der Waals surface area contributed by atoms with Gasteiger partial charge in [-0.2, -0.15) is 5.10 Å². The largest absolute Gasteiger partial charge is 0.480 e. The second-order valence-electron chi connectivity index (χ2n) is 6.85. The number of hydrogen-bond donors (Lipinski definition) is 1. The van der Waals surface area contributed by atoms with Gasteiger partial charge in [-0.25, -0.2) is 9.78 Å². The molecule has 8 heteroatoms. The zero-order valence-electron chi connectivity index (χ0n) is 14.0. The summed E-state index contributed by atoms with van der Waals surface area (Å²) >= 11 is 1.30. The maximum absolute atomic E-state index is 13.1. The number of amides is 1. The number of aromatic nitrogens is 3. The number of rotatable bonds is 3. The van der Waals surface area contributed by atoms with Crippen molar-refractivity contribution in [2.45, 2.75) is 44.2 Å². The summed E-state index contributed by atoms with van der Waals surface area (Å²) in [5, 5.41) is 14.4. The van der Waals surface area contributed by atoms with Crippen LogP contribution in [0, 0.1) is 5.92 Å². The van der Waals surface area contributed by atoms with Gasteiger partial charge in [0.2, 0.25) is 0 Å². The number of fused-ring (bicyclic) bond motifs is 1. The van der Waals surface area contributed by atoms with E-state index < -0.39 is 12.0 Å². The van der Waals surface area contributed by atoms with Gasteiger partial charge in [0.25, 0.3) is 5.91 Å². The molecule has 2 aromatic heterocycles. The minimum Gasteiger partial charge on any atom is -0.480 e. The van der Waals surface area contributed by atoms with Gasteiger partial charge in [0.05, 0.1) is 12.4 Å². The Morgan fingerprint density at radius 1 is 1.28 bits per heavy atom. The Bertz CT molecular complexity index is 814. The molecule has 0 aromatic carbocycles. The van der Waals surface area contributed by atoms with Gasteiger partial charge in [-0.3, -0.25) is 9.48 Å². The first-order valence-electron chi connectivity index (χ1n) is 8.55. The zero-order chi connectivity index (χ0) is 17.6. The van der Waals surface area contributed by atoms with E-state index in [9.17, 15) is 14.7 Å². The highest BCUT2D eigenvalue weighted by atomic mass is 32.1. The number of carbonyl (C=O) groups excluding carboxylic acids is 1. The number of thiazole rings is 1. The standard InChI is InChI=1S/C17H20N4O3S/c1-20-9-11(7-19-20)15-18-8-14(25-15)16(22)21-12-5-3-2-4-10(12)6-13(21)17(23)24/h7-10,12-13H,2-6H2,1H3,(H,23,24)/t10-,12+,13+/m1/s1. The van der Waals surface area contributed by atoms with Gasteiger partial charge >= 0.3 is 5.97 Å². The summed E-state index contributed by atoms with van der Waals surface area (Å²) in [6.45, 7) is 0. The van der Waals surface area contributed by atoms with E-state index in [1.165, 1.54) is 11.3 Å². The average molecular weight is 360 g/mol. The van der Waals surface area contributed by atoms with Crippen LogP contribution in [-0.4, -0.2) is 48.7 Å². The van der Waals surface area contributed by atoms with Gasteiger partial charge in [0.1, 0.15) is 15.9 Å². The highest BCUT2D eigenvalue weighted by Gasteiger charge is 2.48. The van der Waals surface area contributed by atoms with Crippen molar-refractivity contribution in [3.05, 3.63) is 23.5 Å². The van der Waals surface area contributed by atoms with Crippen LogP contribution in [0.3, 0.4) is 0 Å². The van der Waals surface area contributed by atoms with E-state index in [1.54, 1.807) is 22.0 Å². The quantitative estimate of drug-likeness (QED) is 0.908. The van der Waals surface area contributed by atoms with Crippen LogP contribution in [0.5, 0.6) is 0 Å². The Labute approximate surface area is 149 Å². The fourth-order valence-corrected chi connectivity index (χ4v) is 4.97. The molecule has 7 nitrogen and oxygen atoms in total. The Kier molecular flexibility index (Phi) is 4.07. The summed E-state index contributed by atoms with van der Waals surface area (Å²) in [6, 6.07) is -0.671. The second kappa shape index (κ2) is 6.25. The second-order valence-corrected chi connectivity index (χ2v) is 7.88. The molecule has 4 rings (SSSR count). The minimum atomic E-state index is -0.903. The molecule has 3 heterocycles. The lowest BCUT2D eigenvalue weighted by atomic mass is 9.85. The number of carboxylic acids is 1. The summed E-state index contributed by atoms with van der Waals surface area (Å²) in [6.07, 6.45) is 9.78. The molecule has 0 spiro atoms. The summed E-state index contributed by atoms with van der Waals surface area (Å²) < 4.78 is 1.69. The Morgan fingerprint density at radius 3 is 2.80 bits per heavy atom. The lowest BCUT2D eigenvalue weighted by Crippen LogP contribution is -2.46. The Hall–Kier alpha value is -2.22. The Morgan fingerprint density at radius 2 is 2.08 bits per heavy atom. The summed E-state index contributed by atoms with van der Waals surface area (Å²) in [5.74, 6) is -0.793. The van der Waals surface area contributed by atoms with Crippen molar-refractivity contribution in [2.75, 3.05) is 0 Å². The molecule has 1 aliphatic carbocycles. The van der Waals surface area contributed by atoms with E-state index in [1.807, 2.05) is 13.2 Å². The number of hydrogen-bond acceptors (Lipinski definition) is 5. The highest BCUT2D eigenvalue weighted by Crippen LogP contribution is 2.41. The molecular formula is C17H20N4O3S. The molecule has 2 aromatic rings. The van der Waals surface area contributed by atoms with Crippen LogP contribution in [0.2, 0.25) is 0 Å². The molecule has 2 fully saturated rings. The monoisotopic (exact) mass is 360 g/mol. The van der Waals surface area contributed by atoms with Crippen LogP contribution in [0.15, 0.2) is 18.6 Å². The van der Waals surface area contributed by atoms with Crippen LogP contribution in [0.4, 0.5) is 0 Å². The Balaban J connectivity index is 1.62. The van der Waals surface area contributed by atoms with E-state index in [2.05, 4.69) is 10.1 Å². The average Bonchev–Trinajstić information content (AvgIpc) is 3.31. The molecule has 2 aliphatic rings. The molecule has 1 saturated carbocycles. The van der Waals surface area contributed by atoms with E-state index in [0.717, 1.165) is 36.3 Å². The zero-order valence-corrected chi connectivity index (χ0v) is 14.8. The van der Waals surface area contributed by atoms with Crippen molar-refractivity contribution in [1.29, 1.82) is 0 Å². The number of nitrogens with zero attached hydrogens (tertiary/aromatic N) is 4. The van der Waals surface area contributed by atoms with Crippen molar-refractivity contribution in [1.82, 2.24) is 19.7 Å². The first-order chi connectivity index (χ1) is 12.0. The van der Waals surface area contributed by atoms with Crippen LogP contribution in [-0.2, 0) is 11.8 Å². The molecule has 0 radical (unpaired) electrons. The van der Waals surface area contributed by atoms with Crippen molar-refractivity contribution >= 4 is 23.2 Å². The lowest BCUT2D eigenvalue weighted by Gasteiger charge is -2.32. The SMILES string of the molecule is Cn1cc(-c2ncc(C(=O)N3[C@H](C(=O)O)C[C@H]4CCCC[C@@H]43)s2)cn1. The van der Waals surface area contributed by atoms with E-state index in [4.69, 9.17) is 0 Å². The molecule has 3 atom stereocenters. The third-order valence-corrected chi connectivity index (χ3v) is 6.31. The molecular weight excluding hydrogens is 340 g/mol. The first kappa shape index (κ1) is 16.3. The number of likely N-dealkylation sites (tertiary alicyclic amines) is 1. The summed E-state index contributed by atoms with van der Waals surface area (Å²) in [4.78, 5) is 31.2. The van der Waals surface area contributed by atoms with Gasteiger partial charge in [-0.15, -0.1) is 11.3 Å². The predicted octanol–water partition coefficient (Wildman–Crippen LogP) is 2.40. The van der Waals surface area contributed by atoms with Gasteiger partial charge in [-0.05, 0) is 25.2 Å². The van der Waals surface area contributed by atoms with E-state index in [0.29, 0.717) is 17.2 Å².